The molecule has 2 N–H and O–H groups in total. The van der Waals surface area contributed by atoms with Crippen molar-refractivity contribution in [2.45, 2.75) is 25.9 Å². The fraction of sp³-hybridized carbons (Fsp3) is 0.308. The van der Waals surface area contributed by atoms with Crippen LogP contribution in [0.2, 0.25) is 0 Å². The first kappa shape index (κ1) is 12.9. The highest BCUT2D eigenvalue weighted by Crippen LogP contribution is 2.25. The molecule has 2 aromatic rings. The summed E-state index contributed by atoms with van der Waals surface area (Å²) in [5.41, 5.74) is 1.54. The number of hydrogen-bond acceptors (Lipinski definition) is 4. The summed E-state index contributed by atoms with van der Waals surface area (Å²) in [7, 11) is 0. The van der Waals surface area contributed by atoms with Gasteiger partial charge in [0.2, 0.25) is 0 Å². The maximum atomic E-state index is 12.5. The summed E-state index contributed by atoms with van der Waals surface area (Å²) in [4.78, 5) is 34.0. The Morgan fingerprint density at radius 2 is 2.30 bits per heavy atom. The number of aryl methyl sites for hydroxylation is 1. The van der Waals surface area contributed by atoms with Gasteiger partial charge in [0.05, 0.1) is 29.1 Å². The Labute approximate surface area is 119 Å². The Morgan fingerprint density at radius 1 is 1.50 bits per heavy atom. The fourth-order valence-electron chi connectivity index (χ4n) is 2.36. The van der Waals surface area contributed by atoms with Gasteiger partial charge >= 0.3 is 5.97 Å². The van der Waals surface area contributed by atoms with E-state index in [4.69, 9.17) is 0 Å². The topological polar surface area (TPSA) is 86.3 Å². The summed E-state index contributed by atoms with van der Waals surface area (Å²) < 4.78 is 0. The Balaban J connectivity index is 1.94. The van der Waals surface area contributed by atoms with Gasteiger partial charge in [-0.1, -0.05) is 0 Å². The molecule has 6 nitrogen and oxygen atoms in total. The number of thiophene rings is 1. The maximum absolute atomic E-state index is 12.5. The summed E-state index contributed by atoms with van der Waals surface area (Å²) in [6.07, 6.45) is 1.77. The molecule has 20 heavy (non-hydrogen) atoms. The van der Waals surface area contributed by atoms with E-state index in [0.717, 1.165) is 16.3 Å². The third-order valence-corrected chi connectivity index (χ3v) is 4.38. The molecule has 1 amide bonds. The van der Waals surface area contributed by atoms with Gasteiger partial charge in [-0.25, -0.2) is 9.78 Å². The molecular weight excluding hydrogens is 278 g/mol. The lowest BCUT2D eigenvalue weighted by atomic mass is 10.0. The second-order valence-electron chi connectivity index (χ2n) is 4.73. The van der Waals surface area contributed by atoms with Crippen molar-refractivity contribution in [3.05, 3.63) is 39.6 Å². The van der Waals surface area contributed by atoms with Crippen molar-refractivity contribution in [2.24, 2.45) is 0 Å². The molecule has 0 aromatic carbocycles. The monoisotopic (exact) mass is 291 g/mol. The minimum atomic E-state index is -1.000. The van der Waals surface area contributed by atoms with E-state index >= 15 is 0 Å². The van der Waals surface area contributed by atoms with Gasteiger partial charge in [0.15, 0.2) is 0 Å². The van der Waals surface area contributed by atoms with Gasteiger partial charge in [0.1, 0.15) is 6.04 Å². The summed E-state index contributed by atoms with van der Waals surface area (Å²) >= 11 is 1.38. The van der Waals surface area contributed by atoms with Crippen LogP contribution >= 0.6 is 11.3 Å². The molecule has 7 heteroatoms. The van der Waals surface area contributed by atoms with Crippen LogP contribution in [0.3, 0.4) is 0 Å². The number of aromatic amines is 1. The number of aromatic nitrogens is 2. The quantitative estimate of drug-likeness (QED) is 0.876. The predicted molar refractivity (Wildman–Crippen MR) is 72.6 cm³/mol. The number of imidazole rings is 1. The third-order valence-electron chi connectivity index (χ3n) is 3.40. The van der Waals surface area contributed by atoms with Crippen molar-refractivity contribution in [1.29, 1.82) is 0 Å². The zero-order valence-electron chi connectivity index (χ0n) is 10.8. The SMILES string of the molecule is Cc1ccc(C(=O)N2Cc3[nH]cnc3CC2C(=O)O)s1. The van der Waals surface area contributed by atoms with Gasteiger partial charge in [0.25, 0.3) is 5.91 Å². The lowest BCUT2D eigenvalue weighted by molar-refractivity contribution is -0.142. The van der Waals surface area contributed by atoms with Crippen molar-refractivity contribution in [2.75, 3.05) is 0 Å². The fourth-order valence-corrected chi connectivity index (χ4v) is 3.18. The molecule has 0 spiro atoms. The number of H-pyrrole nitrogens is 1. The molecule has 0 saturated heterocycles. The van der Waals surface area contributed by atoms with Crippen LogP contribution < -0.4 is 0 Å². The predicted octanol–water partition coefficient (Wildman–Crippen LogP) is 1.43. The van der Waals surface area contributed by atoms with Gasteiger partial charge < -0.3 is 15.0 Å². The number of carbonyl (C=O) groups is 2. The molecule has 104 valence electrons. The van der Waals surface area contributed by atoms with E-state index in [1.54, 1.807) is 6.07 Å². The number of nitrogens with zero attached hydrogens (tertiary/aromatic N) is 2. The van der Waals surface area contributed by atoms with E-state index in [2.05, 4.69) is 9.97 Å². The normalized spacial score (nSPS) is 17.9. The first-order valence-electron chi connectivity index (χ1n) is 6.17. The second kappa shape index (κ2) is 4.75. The number of carboxylic acid groups (broad SMARTS) is 1. The Bertz CT molecular complexity index is 676. The number of nitrogens with one attached hydrogen (secondary N) is 1. The van der Waals surface area contributed by atoms with Crippen molar-refractivity contribution < 1.29 is 14.7 Å². The lowest BCUT2D eigenvalue weighted by Gasteiger charge is -2.31. The van der Waals surface area contributed by atoms with Crippen LogP contribution in [-0.2, 0) is 17.8 Å². The van der Waals surface area contributed by atoms with Crippen LogP contribution in [0, 0.1) is 6.92 Å². The van der Waals surface area contributed by atoms with Crippen molar-refractivity contribution >= 4 is 23.2 Å². The van der Waals surface area contributed by atoms with E-state index in [9.17, 15) is 14.7 Å². The second-order valence-corrected chi connectivity index (χ2v) is 6.02. The number of amides is 1. The van der Waals surface area contributed by atoms with Crippen LogP contribution in [0.4, 0.5) is 0 Å². The largest absolute Gasteiger partial charge is 0.480 e. The number of rotatable bonds is 2. The molecule has 0 radical (unpaired) electrons. The molecule has 3 heterocycles. The van der Waals surface area contributed by atoms with Crippen LogP contribution in [0.25, 0.3) is 0 Å². The highest BCUT2D eigenvalue weighted by molar-refractivity contribution is 7.13. The minimum absolute atomic E-state index is 0.240. The lowest BCUT2D eigenvalue weighted by Crippen LogP contribution is -2.48. The van der Waals surface area contributed by atoms with Gasteiger partial charge in [-0.15, -0.1) is 11.3 Å². The third kappa shape index (κ3) is 2.09. The number of carboxylic acids is 1. The summed E-state index contributed by atoms with van der Waals surface area (Å²) in [6.45, 7) is 2.17. The first-order valence-corrected chi connectivity index (χ1v) is 6.99. The highest BCUT2D eigenvalue weighted by atomic mass is 32.1. The number of aliphatic carboxylic acids is 1. The molecule has 0 aliphatic carbocycles. The van der Waals surface area contributed by atoms with Crippen LogP contribution in [0.1, 0.15) is 25.9 Å². The van der Waals surface area contributed by atoms with Crippen molar-refractivity contribution in [3.8, 4) is 0 Å². The van der Waals surface area contributed by atoms with Crippen LogP contribution in [0.15, 0.2) is 18.5 Å². The van der Waals surface area contributed by atoms with Crippen LogP contribution in [-0.4, -0.2) is 37.9 Å². The average Bonchev–Trinajstić information content (AvgIpc) is 3.04. The molecule has 2 aromatic heterocycles. The van der Waals surface area contributed by atoms with E-state index in [0.29, 0.717) is 4.88 Å². The summed E-state index contributed by atoms with van der Waals surface area (Å²) in [6, 6.07) is 2.74. The highest BCUT2D eigenvalue weighted by Gasteiger charge is 2.36. The Morgan fingerprint density at radius 3 is 2.95 bits per heavy atom. The molecule has 0 fully saturated rings. The number of hydrogen-bond donors (Lipinski definition) is 2. The summed E-state index contributed by atoms with van der Waals surface area (Å²) in [5, 5.41) is 9.34. The Hall–Kier alpha value is -2.15. The number of fused-ring (bicyclic) bond motifs is 1. The van der Waals surface area contributed by atoms with E-state index in [1.165, 1.54) is 22.6 Å². The summed E-state index contributed by atoms with van der Waals surface area (Å²) in [5.74, 6) is -1.24. The van der Waals surface area contributed by atoms with Gasteiger partial charge in [-0.2, -0.15) is 0 Å². The molecule has 0 bridgehead atoms. The van der Waals surface area contributed by atoms with Crippen LogP contribution in [0.5, 0.6) is 0 Å². The molecule has 1 unspecified atom stereocenters. The molecule has 0 saturated carbocycles. The van der Waals surface area contributed by atoms with Crippen molar-refractivity contribution in [3.63, 3.8) is 0 Å². The Kier molecular flexibility index (Phi) is 3.06. The van der Waals surface area contributed by atoms with Gasteiger partial charge in [0, 0.05) is 11.3 Å². The molecular formula is C13H13N3O3S. The zero-order chi connectivity index (χ0) is 14.3. The molecule has 1 atom stereocenters. The molecule has 1 aliphatic rings. The molecule has 1 aliphatic heterocycles. The maximum Gasteiger partial charge on any atom is 0.326 e. The smallest absolute Gasteiger partial charge is 0.326 e. The van der Waals surface area contributed by atoms with Crippen molar-refractivity contribution in [1.82, 2.24) is 14.9 Å². The standard InChI is InChI=1S/C13H13N3O3S/c1-7-2-3-11(20-7)12(17)16-5-9-8(14-6-15-9)4-10(16)13(18)19/h2-3,6,10H,4-5H2,1H3,(H,14,15)(H,18,19). The number of carbonyl (C=O) groups excluding carboxylic acids is 1. The van der Waals surface area contributed by atoms with E-state index < -0.39 is 12.0 Å². The van der Waals surface area contributed by atoms with Gasteiger partial charge in [-0.05, 0) is 19.1 Å². The zero-order valence-corrected chi connectivity index (χ0v) is 11.6. The van der Waals surface area contributed by atoms with Gasteiger partial charge in [-0.3, -0.25) is 4.79 Å². The van der Waals surface area contributed by atoms with E-state index in [1.807, 2.05) is 13.0 Å². The molecule has 3 rings (SSSR count). The minimum Gasteiger partial charge on any atom is -0.480 e. The average molecular weight is 291 g/mol. The van der Waals surface area contributed by atoms with E-state index in [-0.39, 0.29) is 18.9 Å². The first-order chi connectivity index (χ1) is 9.56.